The lowest BCUT2D eigenvalue weighted by Gasteiger charge is -1.97. The fraction of sp³-hybridized carbons (Fsp3) is 0.300. The highest BCUT2D eigenvalue weighted by Crippen LogP contribution is 2.04. The maximum absolute atomic E-state index is 10.6. The van der Waals surface area contributed by atoms with Gasteiger partial charge in [0.05, 0.1) is 13.7 Å². The van der Waals surface area contributed by atoms with Crippen molar-refractivity contribution < 1.29 is 14.3 Å². The smallest absolute Gasteiger partial charge is 0.331 e. The van der Waals surface area contributed by atoms with E-state index < -0.39 is 0 Å². The number of rotatable bonds is 6. The van der Waals surface area contributed by atoms with Crippen LogP contribution in [0.5, 0.6) is 0 Å². The number of methoxy groups -OCH3 is 1. The van der Waals surface area contributed by atoms with E-state index in [9.17, 15) is 4.79 Å². The van der Waals surface area contributed by atoms with Crippen LogP contribution in [0.2, 0.25) is 0 Å². The molecule has 14 heavy (non-hydrogen) atoms. The second-order valence-electron chi connectivity index (χ2n) is 2.28. The van der Waals surface area contributed by atoms with Crippen molar-refractivity contribution in [2.24, 2.45) is 0 Å². The monoisotopic (exact) mass is 260 g/mol. The van der Waals surface area contributed by atoms with E-state index in [-0.39, 0.29) is 12.6 Å². The molecule has 0 saturated carbocycles. The Morgan fingerprint density at radius 2 is 2.29 bits per heavy atom. The fourth-order valence-corrected chi connectivity index (χ4v) is 0.705. The molecule has 0 aromatic heterocycles. The van der Waals surface area contributed by atoms with Crippen molar-refractivity contribution in [2.75, 3.05) is 20.3 Å². The quantitative estimate of drug-likeness (QED) is 0.417. The molecule has 0 atom stereocenters. The van der Waals surface area contributed by atoms with Crippen LogP contribution in [-0.2, 0) is 14.3 Å². The summed E-state index contributed by atoms with van der Waals surface area (Å²) in [5.41, 5.74) is 0. The number of carbonyl (C=O) groups excluding carboxylic acids is 1. The van der Waals surface area contributed by atoms with Crippen molar-refractivity contribution >= 4 is 21.9 Å². The van der Waals surface area contributed by atoms with Gasteiger partial charge in [0.1, 0.15) is 6.61 Å². The number of esters is 1. The van der Waals surface area contributed by atoms with E-state index in [0.717, 1.165) is 4.48 Å². The maximum Gasteiger partial charge on any atom is 0.331 e. The summed E-state index contributed by atoms with van der Waals surface area (Å²) < 4.78 is 10.3. The van der Waals surface area contributed by atoms with Crippen molar-refractivity contribution in [3.05, 3.63) is 35.4 Å². The third-order valence-electron chi connectivity index (χ3n) is 1.25. The van der Waals surface area contributed by atoms with Crippen LogP contribution in [0.3, 0.4) is 0 Å². The van der Waals surface area contributed by atoms with Crippen LogP contribution in [-0.4, -0.2) is 26.3 Å². The molecule has 3 nitrogen and oxygen atoms in total. The predicted octanol–water partition coefficient (Wildman–Crippen LogP) is 2.20. The summed E-state index contributed by atoms with van der Waals surface area (Å²) in [6.07, 6.45) is 7.10. The molecule has 0 aromatic rings. The summed E-state index contributed by atoms with van der Waals surface area (Å²) in [4.78, 5) is 10.6. The average molecular weight is 261 g/mol. The summed E-state index contributed by atoms with van der Waals surface area (Å²) in [6.45, 7) is 3.93. The van der Waals surface area contributed by atoms with E-state index in [1.165, 1.54) is 7.11 Å². The minimum absolute atomic E-state index is 0.0207. The minimum Gasteiger partial charge on any atom is -0.467 e. The zero-order valence-electron chi connectivity index (χ0n) is 8.03. The second-order valence-corrected chi connectivity index (χ2v) is 3.19. The van der Waals surface area contributed by atoms with Crippen molar-refractivity contribution in [3.63, 3.8) is 0 Å². The van der Waals surface area contributed by atoms with Crippen LogP contribution < -0.4 is 0 Å². The number of halogens is 1. The van der Waals surface area contributed by atoms with Crippen molar-refractivity contribution in [1.29, 1.82) is 0 Å². The Morgan fingerprint density at radius 1 is 1.57 bits per heavy atom. The van der Waals surface area contributed by atoms with Gasteiger partial charge in [-0.05, 0) is 6.08 Å². The molecule has 0 N–H and O–H groups in total. The molecule has 0 rings (SSSR count). The fourth-order valence-electron chi connectivity index (χ4n) is 0.553. The highest BCUT2D eigenvalue weighted by molar-refractivity contribution is 9.11. The van der Waals surface area contributed by atoms with Crippen LogP contribution >= 0.6 is 15.9 Å². The van der Waals surface area contributed by atoms with Crippen LogP contribution in [0, 0.1) is 0 Å². The molecule has 78 valence electrons. The standard InChI is InChI=1S/C10H13BrO3/c1-3-9(11)6-4-5-7-14-8-10(12)13-2/h3-6H,1,7-8H2,2H3/b5-4-,9-6+. The first-order chi connectivity index (χ1) is 6.70. The Hall–Kier alpha value is -0.870. The Morgan fingerprint density at radius 3 is 2.86 bits per heavy atom. The Labute approximate surface area is 92.2 Å². The van der Waals surface area contributed by atoms with Crippen molar-refractivity contribution in [3.8, 4) is 0 Å². The van der Waals surface area contributed by atoms with Gasteiger partial charge in [-0.3, -0.25) is 0 Å². The minimum atomic E-state index is -0.374. The van der Waals surface area contributed by atoms with E-state index in [4.69, 9.17) is 4.74 Å². The molecule has 0 fully saturated rings. The second kappa shape index (κ2) is 8.72. The molecule has 0 aromatic carbocycles. The van der Waals surface area contributed by atoms with Gasteiger partial charge in [-0.2, -0.15) is 0 Å². The maximum atomic E-state index is 10.6. The third kappa shape index (κ3) is 7.76. The van der Waals surface area contributed by atoms with Crippen molar-refractivity contribution in [1.82, 2.24) is 0 Å². The first-order valence-electron chi connectivity index (χ1n) is 4.00. The number of ether oxygens (including phenoxy) is 2. The van der Waals surface area contributed by atoms with Gasteiger partial charge < -0.3 is 9.47 Å². The highest BCUT2D eigenvalue weighted by atomic mass is 79.9. The van der Waals surface area contributed by atoms with Gasteiger partial charge in [0.2, 0.25) is 0 Å². The topological polar surface area (TPSA) is 35.5 Å². The third-order valence-corrected chi connectivity index (χ3v) is 1.84. The summed E-state index contributed by atoms with van der Waals surface area (Å²) >= 11 is 3.26. The van der Waals surface area contributed by atoms with Crippen LogP contribution in [0.1, 0.15) is 0 Å². The number of hydrogen-bond donors (Lipinski definition) is 0. The lowest BCUT2D eigenvalue weighted by atomic mass is 10.4. The van der Waals surface area contributed by atoms with Gasteiger partial charge in [-0.15, -0.1) is 0 Å². The molecule has 0 radical (unpaired) electrons. The Kier molecular flexibility index (Phi) is 8.17. The first-order valence-corrected chi connectivity index (χ1v) is 4.79. The van der Waals surface area contributed by atoms with Crippen LogP contribution in [0.4, 0.5) is 0 Å². The van der Waals surface area contributed by atoms with Gasteiger partial charge >= 0.3 is 5.97 Å². The van der Waals surface area contributed by atoms with Gasteiger partial charge in [-0.25, -0.2) is 4.79 Å². The predicted molar refractivity (Wildman–Crippen MR) is 59.2 cm³/mol. The molecule has 0 aliphatic heterocycles. The summed E-state index contributed by atoms with van der Waals surface area (Å²) in [5, 5.41) is 0. The SMILES string of the molecule is C=C/C(Br)=C\C=C/COCC(=O)OC. The summed E-state index contributed by atoms with van der Waals surface area (Å²) in [6, 6.07) is 0. The molecule has 0 aliphatic carbocycles. The molecular formula is C10H13BrO3. The molecule has 0 unspecified atom stereocenters. The first kappa shape index (κ1) is 13.1. The van der Waals surface area contributed by atoms with Crippen LogP contribution in [0.15, 0.2) is 35.4 Å². The van der Waals surface area contributed by atoms with Gasteiger partial charge in [0.15, 0.2) is 0 Å². The molecular weight excluding hydrogens is 248 g/mol. The van der Waals surface area contributed by atoms with E-state index >= 15 is 0 Å². The molecule has 4 heteroatoms. The van der Waals surface area contributed by atoms with E-state index in [0.29, 0.717) is 6.61 Å². The summed E-state index contributed by atoms with van der Waals surface area (Å²) in [7, 11) is 1.32. The van der Waals surface area contributed by atoms with E-state index in [1.54, 1.807) is 12.2 Å². The zero-order valence-corrected chi connectivity index (χ0v) is 9.62. The largest absolute Gasteiger partial charge is 0.467 e. The number of carbonyl (C=O) groups is 1. The molecule has 0 heterocycles. The van der Waals surface area contributed by atoms with E-state index in [1.807, 2.05) is 12.2 Å². The molecule has 0 saturated heterocycles. The van der Waals surface area contributed by atoms with Crippen molar-refractivity contribution in [2.45, 2.75) is 0 Å². The van der Waals surface area contributed by atoms with Gasteiger partial charge in [-0.1, -0.05) is 40.7 Å². The lowest BCUT2D eigenvalue weighted by molar-refractivity contribution is -0.145. The molecule has 0 amide bonds. The average Bonchev–Trinajstić information content (AvgIpc) is 2.22. The molecule has 0 bridgehead atoms. The Bertz CT molecular complexity index is 244. The summed E-state index contributed by atoms with van der Waals surface area (Å²) in [5.74, 6) is -0.374. The Balaban J connectivity index is 3.54. The van der Waals surface area contributed by atoms with Crippen LogP contribution in [0.25, 0.3) is 0 Å². The molecule has 0 aliphatic rings. The van der Waals surface area contributed by atoms with Gasteiger partial charge in [0, 0.05) is 4.48 Å². The highest BCUT2D eigenvalue weighted by Gasteiger charge is 1.96. The zero-order chi connectivity index (χ0) is 10.8. The molecule has 0 spiro atoms. The number of allylic oxidation sites excluding steroid dienone is 4. The normalized spacial score (nSPS) is 11.7. The number of hydrogen-bond acceptors (Lipinski definition) is 3. The van der Waals surface area contributed by atoms with E-state index in [2.05, 4.69) is 27.2 Å². The van der Waals surface area contributed by atoms with Gasteiger partial charge in [0.25, 0.3) is 0 Å². The lowest BCUT2D eigenvalue weighted by Crippen LogP contribution is -2.09.